The van der Waals surface area contributed by atoms with E-state index in [1.807, 2.05) is 43.3 Å². The number of methoxy groups -OCH3 is 1. The lowest BCUT2D eigenvalue weighted by atomic mass is 10.1. The molecular weight excluding hydrogens is 418 g/mol. The van der Waals surface area contributed by atoms with Crippen molar-refractivity contribution in [3.63, 3.8) is 0 Å². The first-order chi connectivity index (χ1) is 15.9. The summed E-state index contributed by atoms with van der Waals surface area (Å²) in [5, 5.41) is 3.57. The maximum Gasteiger partial charge on any atom is 0.328 e. The van der Waals surface area contributed by atoms with Gasteiger partial charge in [-0.2, -0.15) is 0 Å². The molecule has 0 spiro atoms. The zero-order valence-corrected chi connectivity index (χ0v) is 19.6. The van der Waals surface area contributed by atoms with Gasteiger partial charge in [0.15, 0.2) is 0 Å². The zero-order chi connectivity index (χ0) is 23.3. The van der Waals surface area contributed by atoms with E-state index < -0.39 is 6.04 Å². The highest BCUT2D eigenvalue weighted by molar-refractivity contribution is 6.00. The second-order valence-corrected chi connectivity index (χ2v) is 9.20. The molecule has 3 aliphatic rings. The molecule has 33 heavy (non-hydrogen) atoms. The number of nitrogens with one attached hydrogen (secondary N) is 1. The van der Waals surface area contributed by atoms with Crippen molar-refractivity contribution in [3.8, 4) is 5.75 Å². The number of carbonyl (C=O) groups is 2. The number of imide groups is 1. The fraction of sp³-hybridized carbons (Fsp3) is 0.440. The van der Waals surface area contributed by atoms with Gasteiger partial charge in [0.05, 0.1) is 19.3 Å². The van der Waals surface area contributed by atoms with Gasteiger partial charge in [-0.3, -0.25) is 19.9 Å². The van der Waals surface area contributed by atoms with Crippen LogP contribution in [-0.4, -0.2) is 72.4 Å². The van der Waals surface area contributed by atoms with Crippen molar-refractivity contribution in [3.05, 3.63) is 59.2 Å². The lowest BCUT2D eigenvalue weighted by Gasteiger charge is -2.44. The predicted octanol–water partition coefficient (Wildman–Crippen LogP) is 2.50. The van der Waals surface area contributed by atoms with Crippen LogP contribution < -0.4 is 15.0 Å². The Hall–Kier alpha value is -3.10. The van der Waals surface area contributed by atoms with Crippen molar-refractivity contribution < 1.29 is 14.3 Å². The number of hydrogen-bond donors (Lipinski definition) is 1. The topological polar surface area (TPSA) is 68.4 Å². The van der Waals surface area contributed by atoms with E-state index in [0.29, 0.717) is 0 Å². The number of amides is 3. The second kappa shape index (κ2) is 8.35. The van der Waals surface area contributed by atoms with Crippen LogP contribution in [0.5, 0.6) is 5.75 Å². The first-order valence-electron chi connectivity index (χ1n) is 11.5. The summed E-state index contributed by atoms with van der Waals surface area (Å²) in [6.07, 6.45) is 0.351. The zero-order valence-electron chi connectivity index (χ0n) is 19.6. The summed E-state index contributed by atoms with van der Waals surface area (Å²) in [5.41, 5.74) is 4.20. The number of rotatable bonds is 4. The third-order valence-corrected chi connectivity index (χ3v) is 6.94. The van der Waals surface area contributed by atoms with E-state index in [-0.39, 0.29) is 30.9 Å². The van der Waals surface area contributed by atoms with Crippen LogP contribution >= 0.6 is 0 Å². The average Bonchev–Trinajstić information content (AvgIpc) is 3.20. The van der Waals surface area contributed by atoms with Crippen LogP contribution in [0.15, 0.2) is 42.5 Å². The summed E-state index contributed by atoms with van der Waals surface area (Å²) in [6, 6.07) is 13.4. The molecule has 1 N–H and O–H groups in total. The Balaban J connectivity index is 1.46. The van der Waals surface area contributed by atoms with Gasteiger partial charge in [-0.25, -0.2) is 4.79 Å². The molecule has 3 heterocycles. The van der Waals surface area contributed by atoms with E-state index >= 15 is 0 Å². The van der Waals surface area contributed by atoms with Gasteiger partial charge in [0.1, 0.15) is 24.2 Å². The highest BCUT2D eigenvalue weighted by Gasteiger charge is 2.56. The van der Waals surface area contributed by atoms with Crippen LogP contribution in [0.25, 0.3) is 0 Å². The summed E-state index contributed by atoms with van der Waals surface area (Å²) < 4.78 is 5.65. The molecule has 0 radical (unpaired) electrons. The number of ether oxygens (including phenoxy) is 1. The van der Waals surface area contributed by atoms with Gasteiger partial charge in [0.25, 0.3) is 5.91 Å². The van der Waals surface area contributed by atoms with Gasteiger partial charge in [-0.15, -0.1) is 0 Å². The number of nitrogens with zero attached hydrogens (tertiary/aromatic N) is 4. The molecule has 2 aromatic rings. The summed E-state index contributed by atoms with van der Waals surface area (Å²) in [5.74, 6) is 0.661. The van der Waals surface area contributed by atoms with Crippen molar-refractivity contribution in [2.75, 3.05) is 32.1 Å². The maximum absolute atomic E-state index is 13.7. The summed E-state index contributed by atoms with van der Waals surface area (Å²) in [4.78, 5) is 34.4. The van der Waals surface area contributed by atoms with Crippen molar-refractivity contribution in [2.45, 2.75) is 45.3 Å². The van der Waals surface area contributed by atoms with Crippen LogP contribution in [0.2, 0.25) is 0 Å². The molecule has 0 saturated carbocycles. The molecule has 5 rings (SSSR count). The fourth-order valence-electron chi connectivity index (χ4n) is 5.33. The standard InChI is InChI=1S/C25H31N5O3/c1-16-7-5-8-18(13-16)15-30-23(31)21-22(27(3)25(30)32)26-24-28(11-6-12-29(21)24)19-14-17(2)9-10-20(19)33-4/h5,7-10,13-14,21-22,24,26H,6,11-12,15H2,1-4H3. The summed E-state index contributed by atoms with van der Waals surface area (Å²) in [6.45, 7) is 5.98. The van der Waals surface area contributed by atoms with E-state index in [9.17, 15) is 9.59 Å². The third-order valence-electron chi connectivity index (χ3n) is 6.94. The molecule has 3 saturated heterocycles. The van der Waals surface area contributed by atoms with Crippen LogP contribution in [0.1, 0.15) is 23.1 Å². The molecule has 3 atom stereocenters. The Morgan fingerprint density at radius 3 is 2.61 bits per heavy atom. The molecule has 3 aliphatic heterocycles. The Bertz CT molecular complexity index is 1090. The molecule has 0 aromatic heterocycles. The number of anilines is 1. The predicted molar refractivity (Wildman–Crippen MR) is 126 cm³/mol. The molecule has 2 aromatic carbocycles. The Morgan fingerprint density at radius 1 is 1.06 bits per heavy atom. The van der Waals surface area contributed by atoms with E-state index in [2.05, 4.69) is 28.1 Å². The minimum absolute atomic E-state index is 0.141. The number of fused-ring (bicyclic) bond motifs is 3. The molecule has 3 amide bonds. The van der Waals surface area contributed by atoms with E-state index in [1.165, 1.54) is 4.90 Å². The van der Waals surface area contributed by atoms with Crippen molar-refractivity contribution in [2.24, 2.45) is 0 Å². The van der Waals surface area contributed by atoms with Gasteiger partial charge < -0.3 is 14.5 Å². The van der Waals surface area contributed by atoms with Gasteiger partial charge in [-0.1, -0.05) is 35.9 Å². The first kappa shape index (κ1) is 21.7. The molecule has 0 bridgehead atoms. The third kappa shape index (κ3) is 3.63. The minimum atomic E-state index is -0.430. The van der Waals surface area contributed by atoms with Gasteiger partial charge in [-0.05, 0) is 43.5 Å². The van der Waals surface area contributed by atoms with Crippen LogP contribution in [0, 0.1) is 13.8 Å². The van der Waals surface area contributed by atoms with Crippen LogP contribution in [0.3, 0.4) is 0 Å². The van der Waals surface area contributed by atoms with E-state index in [4.69, 9.17) is 4.74 Å². The number of aryl methyl sites for hydroxylation is 2. The van der Waals surface area contributed by atoms with Gasteiger partial charge >= 0.3 is 6.03 Å². The fourth-order valence-corrected chi connectivity index (χ4v) is 5.33. The van der Waals surface area contributed by atoms with E-state index in [1.54, 1.807) is 19.1 Å². The largest absolute Gasteiger partial charge is 0.495 e. The average molecular weight is 450 g/mol. The van der Waals surface area contributed by atoms with Crippen molar-refractivity contribution >= 4 is 17.6 Å². The van der Waals surface area contributed by atoms with Crippen LogP contribution in [0.4, 0.5) is 10.5 Å². The van der Waals surface area contributed by atoms with Crippen LogP contribution in [-0.2, 0) is 11.3 Å². The monoisotopic (exact) mass is 449 g/mol. The highest BCUT2D eigenvalue weighted by Crippen LogP contribution is 2.37. The number of likely N-dealkylation sites (N-methyl/N-ethyl adjacent to an activating group) is 1. The smallest absolute Gasteiger partial charge is 0.328 e. The number of carbonyl (C=O) groups excluding carboxylic acids is 2. The quantitative estimate of drug-likeness (QED) is 0.774. The number of hydrogen-bond acceptors (Lipinski definition) is 6. The lowest BCUT2D eigenvalue weighted by Crippen LogP contribution is -2.66. The summed E-state index contributed by atoms with van der Waals surface area (Å²) >= 11 is 0. The first-order valence-corrected chi connectivity index (χ1v) is 11.5. The molecule has 3 fully saturated rings. The Labute approximate surface area is 194 Å². The van der Waals surface area contributed by atoms with Gasteiger partial charge in [0, 0.05) is 20.1 Å². The molecule has 0 aliphatic carbocycles. The molecule has 8 heteroatoms. The highest BCUT2D eigenvalue weighted by atomic mass is 16.5. The van der Waals surface area contributed by atoms with Gasteiger partial charge in [0.2, 0.25) is 0 Å². The Morgan fingerprint density at radius 2 is 1.85 bits per heavy atom. The normalized spacial score (nSPS) is 25.3. The molecule has 174 valence electrons. The minimum Gasteiger partial charge on any atom is -0.495 e. The second-order valence-electron chi connectivity index (χ2n) is 9.20. The molecule has 8 nitrogen and oxygen atoms in total. The Kier molecular flexibility index (Phi) is 5.50. The van der Waals surface area contributed by atoms with E-state index in [0.717, 1.165) is 47.6 Å². The summed E-state index contributed by atoms with van der Waals surface area (Å²) in [7, 11) is 3.45. The SMILES string of the molecule is COc1ccc(C)cc1N1CCCN2C3C(=O)N(Cc4cccc(C)c4)C(=O)N(C)C3NC12. The molecular formula is C25H31N5O3. The van der Waals surface area contributed by atoms with Crippen molar-refractivity contribution in [1.82, 2.24) is 20.0 Å². The number of urea groups is 1. The number of benzene rings is 2. The van der Waals surface area contributed by atoms with Crippen molar-refractivity contribution in [1.29, 1.82) is 0 Å². The maximum atomic E-state index is 13.7. The lowest BCUT2D eigenvalue weighted by molar-refractivity contribution is -0.139. The molecule has 3 unspecified atom stereocenters.